The third-order valence-corrected chi connectivity index (χ3v) is 2.62. The van der Waals surface area contributed by atoms with Crippen LogP contribution in [0.3, 0.4) is 0 Å². The summed E-state index contributed by atoms with van der Waals surface area (Å²) in [6.45, 7) is 6.50. The van der Waals surface area contributed by atoms with Crippen LogP contribution >= 0.6 is 12.4 Å². The summed E-state index contributed by atoms with van der Waals surface area (Å²) in [6, 6.07) is 0. The summed E-state index contributed by atoms with van der Waals surface area (Å²) in [5.74, 6) is 0.633. The molecule has 0 aromatic heterocycles. The monoisotopic (exact) mass is 250 g/mol. The van der Waals surface area contributed by atoms with Gasteiger partial charge in [-0.1, -0.05) is 0 Å². The van der Waals surface area contributed by atoms with Gasteiger partial charge in [0.2, 0.25) is 5.91 Å². The summed E-state index contributed by atoms with van der Waals surface area (Å²) >= 11 is 0. The number of carbonyl (C=O) groups is 1. The Morgan fingerprint density at radius 3 is 2.75 bits per heavy atom. The molecule has 0 saturated carbocycles. The van der Waals surface area contributed by atoms with Crippen LogP contribution in [0.25, 0.3) is 0 Å². The van der Waals surface area contributed by atoms with Crippen molar-refractivity contribution < 1.29 is 9.53 Å². The Kier molecular flexibility index (Phi) is 6.95. The van der Waals surface area contributed by atoms with E-state index in [1.807, 2.05) is 13.8 Å². The third kappa shape index (κ3) is 5.68. The van der Waals surface area contributed by atoms with Gasteiger partial charge in [0.05, 0.1) is 12.1 Å². The fraction of sp³-hybridized carbons (Fsp3) is 0.909. The molecule has 1 heterocycles. The zero-order valence-electron chi connectivity index (χ0n) is 10.3. The van der Waals surface area contributed by atoms with Crippen LogP contribution < -0.4 is 10.6 Å². The van der Waals surface area contributed by atoms with Crippen LogP contribution in [0, 0.1) is 5.92 Å². The molecule has 1 unspecified atom stereocenters. The van der Waals surface area contributed by atoms with Gasteiger partial charge in [0.15, 0.2) is 0 Å². The largest absolute Gasteiger partial charge is 0.382 e. The normalized spacial score (nSPS) is 20.3. The highest BCUT2D eigenvalue weighted by Crippen LogP contribution is 2.13. The highest BCUT2D eigenvalue weighted by Gasteiger charge is 2.23. The Labute approximate surface area is 104 Å². The fourth-order valence-corrected chi connectivity index (χ4v) is 1.98. The van der Waals surface area contributed by atoms with Crippen LogP contribution in [0.15, 0.2) is 0 Å². The molecule has 1 fully saturated rings. The fourth-order valence-electron chi connectivity index (χ4n) is 1.98. The molecule has 2 N–H and O–H groups in total. The first-order valence-electron chi connectivity index (χ1n) is 5.54. The van der Waals surface area contributed by atoms with Gasteiger partial charge in [-0.05, 0) is 39.3 Å². The standard InChI is InChI=1S/C11H22N2O2.ClH/c1-11(2,8-15-3)13-10(14)6-9-4-5-12-7-9;/h9,12H,4-8H2,1-3H3,(H,13,14);1H. The predicted molar refractivity (Wildman–Crippen MR) is 66.9 cm³/mol. The average molecular weight is 251 g/mol. The molecule has 1 aliphatic heterocycles. The molecule has 0 spiro atoms. The number of carbonyl (C=O) groups excluding carboxylic acids is 1. The zero-order valence-corrected chi connectivity index (χ0v) is 11.2. The van der Waals surface area contributed by atoms with Gasteiger partial charge < -0.3 is 15.4 Å². The Morgan fingerprint density at radius 2 is 2.25 bits per heavy atom. The SMILES string of the molecule is COCC(C)(C)NC(=O)CC1CCNC1.Cl. The maximum Gasteiger partial charge on any atom is 0.220 e. The first kappa shape index (κ1) is 15.7. The van der Waals surface area contributed by atoms with Gasteiger partial charge in [-0.15, -0.1) is 12.4 Å². The minimum absolute atomic E-state index is 0. The molecule has 1 atom stereocenters. The van der Waals surface area contributed by atoms with E-state index in [0.29, 0.717) is 18.9 Å². The molecule has 1 aliphatic rings. The van der Waals surface area contributed by atoms with Crippen LogP contribution in [-0.4, -0.2) is 38.3 Å². The number of halogens is 1. The summed E-state index contributed by atoms with van der Waals surface area (Å²) < 4.78 is 5.05. The molecule has 0 aliphatic carbocycles. The second kappa shape index (κ2) is 7.09. The van der Waals surface area contributed by atoms with Gasteiger partial charge in [0.25, 0.3) is 0 Å². The summed E-state index contributed by atoms with van der Waals surface area (Å²) in [6.07, 6.45) is 1.73. The topological polar surface area (TPSA) is 50.4 Å². The van der Waals surface area contributed by atoms with Crippen molar-refractivity contribution in [1.82, 2.24) is 10.6 Å². The van der Waals surface area contributed by atoms with Crippen molar-refractivity contribution in [3.8, 4) is 0 Å². The number of hydrogen-bond donors (Lipinski definition) is 2. The van der Waals surface area contributed by atoms with E-state index >= 15 is 0 Å². The molecule has 0 aromatic rings. The molecular weight excluding hydrogens is 228 g/mol. The van der Waals surface area contributed by atoms with Gasteiger partial charge in [0.1, 0.15) is 0 Å². The summed E-state index contributed by atoms with van der Waals surface area (Å²) in [5.41, 5.74) is -0.266. The van der Waals surface area contributed by atoms with Crippen LogP contribution in [0.1, 0.15) is 26.7 Å². The van der Waals surface area contributed by atoms with Gasteiger partial charge in [0, 0.05) is 13.5 Å². The Balaban J connectivity index is 0.00000225. The minimum Gasteiger partial charge on any atom is -0.382 e. The summed E-state index contributed by atoms with van der Waals surface area (Å²) in [4.78, 5) is 11.7. The van der Waals surface area contributed by atoms with Gasteiger partial charge >= 0.3 is 0 Å². The lowest BCUT2D eigenvalue weighted by atomic mass is 10.0. The number of nitrogens with one attached hydrogen (secondary N) is 2. The Morgan fingerprint density at radius 1 is 1.56 bits per heavy atom. The van der Waals surface area contributed by atoms with E-state index in [1.165, 1.54) is 0 Å². The van der Waals surface area contributed by atoms with E-state index in [-0.39, 0.29) is 23.9 Å². The number of rotatable bonds is 5. The number of hydrogen-bond acceptors (Lipinski definition) is 3. The Hall–Kier alpha value is -0.320. The molecule has 16 heavy (non-hydrogen) atoms. The van der Waals surface area contributed by atoms with Crippen LogP contribution in [0.4, 0.5) is 0 Å². The molecule has 1 amide bonds. The van der Waals surface area contributed by atoms with E-state index < -0.39 is 0 Å². The van der Waals surface area contributed by atoms with E-state index in [9.17, 15) is 4.79 Å². The van der Waals surface area contributed by atoms with Crippen molar-refractivity contribution in [2.24, 2.45) is 5.92 Å². The highest BCUT2D eigenvalue weighted by molar-refractivity contribution is 5.85. The maximum absolute atomic E-state index is 11.7. The van der Waals surface area contributed by atoms with Crippen molar-refractivity contribution in [2.75, 3.05) is 26.8 Å². The van der Waals surface area contributed by atoms with Gasteiger partial charge in [-0.3, -0.25) is 4.79 Å². The Bertz CT molecular complexity index is 216. The lowest BCUT2D eigenvalue weighted by Gasteiger charge is -2.25. The smallest absolute Gasteiger partial charge is 0.220 e. The molecule has 1 rings (SSSR count). The van der Waals surface area contributed by atoms with Crippen molar-refractivity contribution in [3.63, 3.8) is 0 Å². The summed E-state index contributed by atoms with van der Waals surface area (Å²) in [5, 5.41) is 6.25. The van der Waals surface area contributed by atoms with Gasteiger partial charge in [-0.2, -0.15) is 0 Å². The molecule has 5 heteroatoms. The molecule has 0 bridgehead atoms. The van der Waals surface area contributed by atoms with E-state index in [2.05, 4.69) is 10.6 Å². The van der Waals surface area contributed by atoms with Gasteiger partial charge in [-0.25, -0.2) is 0 Å². The van der Waals surface area contributed by atoms with Crippen LogP contribution in [0.2, 0.25) is 0 Å². The summed E-state index contributed by atoms with van der Waals surface area (Å²) in [7, 11) is 1.65. The number of methoxy groups -OCH3 is 1. The second-order valence-electron chi connectivity index (χ2n) is 4.93. The van der Waals surface area contributed by atoms with Crippen LogP contribution in [0.5, 0.6) is 0 Å². The van der Waals surface area contributed by atoms with Crippen molar-refractivity contribution in [3.05, 3.63) is 0 Å². The molecule has 0 radical (unpaired) electrons. The third-order valence-electron chi connectivity index (χ3n) is 2.62. The molecule has 96 valence electrons. The number of amides is 1. The first-order chi connectivity index (χ1) is 7.03. The van der Waals surface area contributed by atoms with Crippen molar-refractivity contribution >= 4 is 18.3 Å². The van der Waals surface area contributed by atoms with E-state index in [0.717, 1.165) is 19.5 Å². The maximum atomic E-state index is 11.7. The molecular formula is C11H23ClN2O2. The highest BCUT2D eigenvalue weighted by atomic mass is 35.5. The zero-order chi connectivity index (χ0) is 11.3. The van der Waals surface area contributed by atoms with Crippen molar-refractivity contribution in [2.45, 2.75) is 32.2 Å². The van der Waals surface area contributed by atoms with E-state index in [4.69, 9.17) is 4.74 Å². The van der Waals surface area contributed by atoms with Crippen LogP contribution in [-0.2, 0) is 9.53 Å². The lowest BCUT2D eigenvalue weighted by Crippen LogP contribution is -2.47. The van der Waals surface area contributed by atoms with Crippen molar-refractivity contribution in [1.29, 1.82) is 0 Å². The quantitative estimate of drug-likeness (QED) is 0.764. The second-order valence-corrected chi connectivity index (χ2v) is 4.93. The average Bonchev–Trinajstić information content (AvgIpc) is 2.54. The number of ether oxygens (including phenoxy) is 1. The molecule has 1 saturated heterocycles. The molecule has 4 nitrogen and oxygen atoms in total. The minimum atomic E-state index is -0.266. The first-order valence-corrected chi connectivity index (χ1v) is 5.54. The van der Waals surface area contributed by atoms with E-state index in [1.54, 1.807) is 7.11 Å². The lowest BCUT2D eigenvalue weighted by molar-refractivity contribution is -0.124. The molecule has 0 aromatic carbocycles. The predicted octanol–water partition coefficient (Wildman–Crippen LogP) is 0.949.